The highest BCUT2D eigenvalue weighted by molar-refractivity contribution is 7.26. The second-order valence-electron chi connectivity index (χ2n) is 6.57. The molecule has 0 saturated carbocycles. The number of hydrogen-bond donors (Lipinski definition) is 0. The van der Waals surface area contributed by atoms with E-state index in [1.54, 1.807) is 0 Å². The van der Waals surface area contributed by atoms with E-state index >= 15 is 0 Å². The van der Waals surface area contributed by atoms with E-state index in [-0.39, 0.29) is 11.7 Å². The Labute approximate surface area is 109 Å². The largest absolute Gasteiger partial charge is 0.347 e. The van der Waals surface area contributed by atoms with Crippen molar-refractivity contribution in [3.8, 4) is 0 Å². The standard InChI is InChI=1S/C13H22O2SSi/c1-13(2)8-14-12(15-9-13)10-6-7-11(16-10)17(3,4)5/h6-7,12H,8-9H2,1-5H3. The first-order valence-corrected chi connectivity index (χ1v) is 10.4. The minimum Gasteiger partial charge on any atom is -0.347 e. The smallest absolute Gasteiger partial charge is 0.193 e. The zero-order valence-corrected chi connectivity index (χ0v) is 13.2. The fourth-order valence-corrected chi connectivity index (χ4v) is 4.66. The third-order valence-corrected chi connectivity index (χ3v) is 7.56. The van der Waals surface area contributed by atoms with Gasteiger partial charge in [-0.3, -0.25) is 0 Å². The monoisotopic (exact) mass is 270 g/mol. The first-order valence-electron chi connectivity index (χ1n) is 6.11. The average molecular weight is 270 g/mol. The molecule has 0 atom stereocenters. The third kappa shape index (κ3) is 3.19. The molecule has 2 heterocycles. The van der Waals surface area contributed by atoms with Gasteiger partial charge in [0.15, 0.2) is 6.29 Å². The van der Waals surface area contributed by atoms with Crippen LogP contribution in [0.2, 0.25) is 19.6 Å². The second-order valence-corrected chi connectivity index (χ2v) is 13.1. The van der Waals surface area contributed by atoms with Gasteiger partial charge < -0.3 is 9.47 Å². The van der Waals surface area contributed by atoms with Crippen molar-refractivity contribution in [1.29, 1.82) is 0 Å². The molecule has 1 saturated heterocycles. The van der Waals surface area contributed by atoms with Crippen molar-refractivity contribution in [3.63, 3.8) is 0 Å². The number of hydrogen-bond acceptors (Lipinski definition) is 3. The van der Waals surface area contributed by atoms with Gasteiger partial charge in [-0.15, -0.1) is 11.3 Å². The molecule has 1 aliphatic rings. The van der Waals surface area contributed by atoms with E-state index in [4.69, 9.17) is 9.47 Å². The topological polar surface area (TPSA) is 18.5 Å². The van der Waals surface area contributed by atoms with Gasteiger partial charge in [0, 0.05) is 5.41 Å². The summed E-state index contributed by atoms with van der Waals surface area (Å²) in [7, 11) is -1.20. The molecule has 1 aromatic rings. The van der Waals surface area contributed by atoms with Crippen LogP contribution in [0.25, 0.3) is 0 Å². The molecule has 0 amide bonds. The first kappa shape index (κ1) is 13.3. The molecule has 0 bridgehead atoms. The van der Waals surface area contributed by atoms with Crippen LogP contribution < -0.4 is 4.50 Å². The molecular weight excluding hydrogens is 248 g/mol. The van der Waals surface area contributed by atoms with Crippen molar-refractivity contribution in [1.82, 2.24) is 0 Å². The molecule has 96 valence electrons. The molecule has 1 aliphatic heterocycles. The van der Waals surface area contributed by atoms with Crippen LogP contribution in [0.15, 0.2) is 12.1 Å². The molecular formula is C13H22O2SSi. The van der Waals surface area contributed by atoms with Crippen LogP contribution in [0.1, 0.15) is 25.0 Å². The average Bonchev–Trinajstić information content (AvgIpc) is 2.66. The van der Waals surface area contributed by atoms with Crippen LogP contribution >= 0.6 is 11.3 Å². The van der Waals surface area contributed by atoms with Crippen LogP contribution in [0.3, 0.4) is 0 Å². The summed E-state index contributed by atoms with van der Waals surface area (Å²) in [5, 5.41) is 0. The van der Waals surface area contributed by atoms with Gasteiger partial charge in [-0.25, -0.2) is 0 Å². The summed E-state index contributed by atoms with van der Waals surface area (Å²) in [5.41, 5.74) is 0.148. The van der Waals surface area contributed by atoms with Gasteiger partial charge in [-0.05, 0) is 10.6 Å². The van der Waals surface area contributed by atoms with Crippen molar-refractivity contribution in [2.75, 3.05) is 13.2 Å². The molecule has 2 nitrogen and oxygen atoms in total. The molecule has 0 N–H and O–H groups in total. The van der Waals surface area contributed by atoms with E-state index in [9.17, 15) is 0 Å². The van der Waals surface area contributed by atoms with Gasteiger partial charge >= 0.3 is 0 Å². The summed E-state index contributed by atoms with van der Waals surface area (Å²) < 4.78 is 13.1. The fraction of sp³-hybridized carbons (Fsp3) is 0.692. The minimum atomic E-state index is -1.20. The van der Waals surface area contributed by atoms with Crippen molar-refractivity contribution in [3.05, 3.63) is 17.0 Å². The number of rotatable bonds is 2. The zero-order valence-electron chi connectivity index (χ0n) is 11.4. The Morgan fingerprint density at radius 2 is 1.76 bits per heavy atom. The lowest BCUT2D eigenvalue weighted by atomic mass is 9.96. The molecule has 0 radical (unpaired) electrons. The summed E-state index contributed by atoms with van der Waals surface area (Å²) >= 11 is 1.86. The van der Waals surface area contributed by atoms with Gasteiger partial charge in [0.25, 0.3) is 0 Å². The van der Waals surface area contributed by atoms with Gasteiger partial charge in [0.05, 0.1) is 26.2 Å². The summed E-state index contributed by atoms with van der Waals surface area (Å²) in [6, 6.07) is 4.42. The van der Waals surface area contributed by atoms with Gasteiger partial charge in [0.1, 0.15) is 0 Å². The van der Waals surface area contributed by atoms with Gasteiger partial charge in [0.2, 0.25) is 0 Å². The van der Waals surface area contributed by atoms with Crippen LogP contribution in [0.4, 0.5) is 0 Å². The normalized spacial score (nSPS) is 21.7. The summed E-state index contributed by atoms with van der Waals surface area (Å²) in [4.78, 5) is 1.22. The molecule has 0 unspecified atom stereocenters. The maximum absolute atomic E-state index is 5.81. The maximum Gasteiger partial charge on any atom is 0.193 e. The number of ether oxygens (including phenoxy) is 2. The highest BCUT2D eigenvalue weighted by Gasteiger charge is 2.30. The minimum absolute atomic E-state index is 0.141. The Balaban J connectivity index is 2.07. The molecule has 4 heteroatoms. The van der Waals surface area contributed by atoms with E-state index < -0.39 is 8.07 Å². The van der Waals surface area contributed by atoms with E-state index in [1.807, 2.05) is 11.3 Å². The van der Waals surface area contributed by atoms with Crippen LogP contribution in [-0.2, 0) is 9.47 Å². The van der Waals surface area contributed by atoms with E-state index in [1.165, 1.54) is 9.38 Å². The van der Waals surface area contributed by atoms with E-state index in [0.29, 0.717) is 0 Å². The SMILES string of the molecule is CC1(C)COC(c2ccc([Si](C)(C)C)s2)OC1. The Morgan fingerprint density at radius 3 is 2.24 bits per heavy atom. The lowest BCUT2D eigenvalue weighted by molar-refractivity contribution is -0.224. The molecule has 17 heavy (non-hydrogen) atoms. The maximum atomic E-state index is 5.81. The summed E-state index contributed by atoms with van der Waals surface area (Å²) in [6.45, 7) is 13.0. The number of thiophene rings is 1. The van der Waals surface area contributed by atoms with Crippen molar-refractivity contribution in [2.24, 2.45) is 5.41 Å². The predicted octanol–water partition coefficient (Wildman–Crippen LogP) is 3.36. The quantitative estimate of drug-likeness (QED) is 0.767. The van der Waals surface area contributed by atoms with Crippen molar-refractivity contribution < 1.29 is 9.47 Å². The third-order valence-electron chi connectivity index (χ3n) is 2.85. The van der Waals surface area contributed by atoms with Crippen LogP contribution in [0.5, 0.6) is 0 Å². The Kier molecular flexibility index (Phi) is 3.51. The molecule has 0 spiro atoms. The highest BCUT2D eigenvalue weighted by Crippen LogP contribution is 2.33. The molecule has 0 aromatic carbocycles. The predicted molar refractivity (Wildman–Crippen MR) is 75.7 cm³/mol. The van der Waals surface area contributed by atoms with E-state index in [2.05, 4.69) is 45.6 Å². The van der Waals surface area contributed by atoms with Gasteiger partial charge in [-0.2, -0.15) is 0 Å². The Morgan fingerprint density at radius 1 is 1.18 bits per heavy atom. The zero-order chi connectivity index (χ0) is 12.7. The van der Waals surface area contributed by atoms with Crippen LogP contribution in [-0.4, -0.2) is 21.3 Å². The summed E-state index contributed by atoms with van der Waals surface area (Å²) in [6.07, 6.45) is -0.141. The Bertz CT molecular complexity index is 382. The molecule has 1 fully saturated rings. The van der Waals surface area contributed by atoms with Crippen molar-refractivity contribution in [2.45, 2.75) is 39.8 Å². The fourth-order valence-electron chi connectivity index (χ4n) is 1.74. The van der Waals surface area contributed by atoms with E-state index in [0.717, 1.165) is 13.2 Å². The second kappa shape index (κ2) is 4.50. The lowest BCUT2D eigenvalue weighted by Gasteiger charge is -2.34. The molecule has 1 aromatic heterocycles. The first-order chi connectivity index (χ1) is 7.78. The summed E-state index contributed by atoms with van der Waals surface area (Å²) in [5.74, 6) is 0. The van der Waals surface area contributed by atoms with Crippen LogP contribution in [0, 0.1) is 5.41 Å². The molecule has 2 rings (SSSR count). The lowest BCUT2D eigenvalue weighted by Crippen LogP contribution is -2.35. The van der Waals surface area contributed by atoms with Gasteiger partial charge in [-0.1, -0.05) is 39.6 Å². The molecule has 0 aliphatic carbocycles. The van der Waals surface area contributed by atoms with Crippen molar-refractivity contribution >= 4 is 23.9 Å². The Hall–Kier alpha value is -0.163. The highest BCUT2D eigenvalue weighted by atomic mass is 32.1.